The number of nitrogens with one attached hydrogen (secondary N) is 1. The third-order valence-electron chi connectivity index (χ3n) is 3.30. The first-order valence-electron chi connectivity index (χ1n) is 6.09. The molecule has 0 bridgehead atoms. The Kier molecular flexibility index (Phi) is 5.55. The molecule has 1 amide bonds. The second-order valence-corrected chi connectivity index (χ2v) is 4.68. The van der Waals surface area contributed by atoms with Gasteiger partial charge in [-0.15, -0.1) is 0 Å². The van der Waals surface area contributed by atoms with Gasteiger partial charge in [-0.25, -0.2) is 0 Å². The van der Waals surface area contributed by atoms with Crippen LogP contribution in [0.1, 0.15) is 6.92 Å². The highest BCUT2D eigenvalue weighted by molar-refractivity contribution is 5.80. The molecule has 1 rings (SSSR count). The molecule has 1 saturated heterocycles. The molecule has 0 saturated carbocycles. The second kappa shape index (κ2) is 6.70. The Morgan fingerprint density at radius 1 is 1.50 bits per heavy atom. The monoisotopic (exact) mass is 258 g/mol. The van der Waals surface area contributed by atoms with Gasteiger partial charge in [-0.3, -0.25) is 9.59 Å². The van der Waals surface area contributed by atoms with Gasteiger partial charge >= 0.3 is 5.97 Å². The van der Waals surface area contributed by atoms with Crippen LogP contribution in [-0.4, -0.2) is 63.8 Å². The van der Waals surface area contributed by atoms with E-state index < -0.39 is 0 Å². The molecule has 0 aromatic carbocycles. The summed E-state index contributed by atoms with van der Waals surface area (Å²) < 4.78 is 9.95. The van der Waals surface area contributed by atoms with Crippen LogP contribution in [0, 0.1) is 11.8 Å². The first kappa shape index (κ1) is 14.9. The van der Waals surface area contributed by atoms with E-state index in [0.29, 0.717) is 19.8 Å². The highest BCUT2D eigenvalue weighted by Crippen LogP contribution is 2.16. The van der Waals surface area contributed by atoms with Crippen LogP contribution in [0.25, 0.3) is 0 Å². The summed E-state index contributed by atoms with van der Waals surface area (Å²) in [5.74, 6) is -0.797. The summed E-state index contributed by atoms with van der Waals surface area (Å²) in [7, 11) is 4.87. The van der Waals surface area contributed by atoms with E-state index in [0.717, 1.165) is 0 Å². The van der Waals surface area contributed by atoms with E-state index in [4.69, 9.17) is 4.74 Å². The molecule has 0 aromatic heterocycles. The minimum Gasteiger partial charge on any atom is -0.469 e. The fourth-order valence-corrected chi connectivity index (χ4v) is 2.14. The molecule has 3 atom stereocenters. The Hall–Kier alpha value is -1.14. The Morgan fingerprint density at radius 2 is 2.17 bits per heavy atom. The highest BCUT2D eigenvalue weighted by Gasteiger charge is 2.35. The number of methoxy groups -OCH3 is 1. The molecule has 0 aliphatic carbocycles. The average Bonchev–Trinajstić information content (AvgIpc) is 2.84. The first-order chi connectivity index (χ1) is 8.51. The Bertz CT molecular complexity index is 308. The highest BCUT2D eigenvalue weighted by atomic mass is 16.5. The fraction of sp³-hybridized carbons (Fsp3) is 0.833. The van der Waals surface area contributed by atoms with Crippen LogP contribution in [0.5, 0.6) is 0 Å². The van der Waals surface area contributed by atoms with Crippen molar-refractivity contribution in [1.82, 2.24) is 10.2 Å². The molecular weight excluding hydrogens is 236 g/mol. The topological polar surface area (TPSA) is 67.9 Å². The molecule has 1 N–H and O–H groups in total. The zero-order valence-electron chi connectivity index (χ0n) is 11.4. The van der Waals surface area contributed by atoms with E-state index >= 15 is 0 Å². The largest absolute Gasteiger partial charge is 0.469 e. The lowest BCUT2D eigenvalue weighted by atomic mass is 10.0. The van der Waals surface area contributed by atoms with Crippen molar-refractivity contribution >= 4 is 11.9 Å². The third kappa shape index (κ3) is 3.43. The second-order valence-electron chi connectivity index (χ2n) is 4.68. The lowest BCUT2D eigenvalue weighted by molar-refractivity contribution is -0.146. The zero-order valence-corrected chi connectivity index (χ0v) is 11.4. The number of esters is 1. The normalized spacial score (nSPS) is 24.7. The lowest BCUT2D eigenvalue weighted by Gasteiger charge is -2.25. The van der Waals surface area contributed by atoms with Gasteiger partial charge < -0.3 is 19.7 Å². The van der Waals surface area contributed by atoms with Crippen molar-refractivity contribution in [1.29, 1.82) is 0 Å². The number of hydrogen-bond donors (Lipinski definition) is 1. The van der Waals surface area contributed by atoms with E-state index in [1.54, 1.807) is 18.9 Å². The van der Waals surface area contributed by atoms with Crippen LogP contribution < -0.4 is 5.32 Å². The Balaban J connectivity index is 2.53. The number of ether oxygens (including phenoxy) is 2. The van der Waals surface area contributed by atoms with Crippen LogP contribution in [0.3, 0.4) is 0 Å². The van der Waals surface area contributed by atoms with Crippen LogP contribution in [0.15, 0.2) is 0 Å². The maximum atomic E-state index is 12.2. The van der Waals surface area contributed by atoms with Gasteiger partial charge in [0.25, 0.3) is 0 Å². The molecular formula is C12H22N2O4. The number of hydrogen-bond acceptors (Lipinski definition) is 5. The molecule has 3 unspecified atom stereocenters. The van der Waals surface area contributed by atoms with Crippen LogP contribution in [0.2, 0.25) is 0 Å². The summed E-state index contributed by atoms with van der Waals surface area (Å²) >= 11 is 0. The summed E-state index contributed by atoms with van der Waals surface area (Å²) in [4.78, 5) is 25.1. The quantitative estimate of drug-likeness (QED) is 0.673. The lowest BCUT2D eigenvalue weighted by Crippen LogP contribution is -2.45. The summed E-state index contributed by atoms with van der Waals surface area (Å²) in [6.45, 7) is 3.09. The van der Waals surface area contributed by atoms with Crippen molar-refractivity contribution in [3.8, 4) is 0 Å². The molecule has 18 heavy (non-hydrogen) atoms. The van der Waals surface area contributed by atoms with Gasteiger partial charge in [-0.05, 0) is 7.05 Å². The minimum absolute atomic E-state index is 0.00241. The SMILES string of the molecule is CNC1COCC1C(=O)N(C)CC(C)C(=O)OC. The van der Waals surface area contributed by atoms with Crippen molar-refractivity contribution in [2.75, 3.05) is 41.0 Å². The van der Waals surface area contributed by atoms with E-state index in [2.05, 4.69) is 10.1 Å². The molecule has 1 aliphatic heterocycles. The average molecular weight is 258 g/mol. The van der Waals surface area contributed by atoms with Crippen LogP contribution in [0.4, 0.5) is 0 Å². The van der Waals surface area contributed by atoms with Crippen LogP contribution >= 0.6 is 0 Å². The molecule has 6 nitrogen and oxygen atoms in total. The van der Waals surface area contributed by atoms with E-state index in [-0.39, 0.29) is 29.8 Å². The molecule has 1 fully saturated rings. The van der Waals surface area contributed by atoms with Gasteiger partial charge in [0.05, 0.1) is 32.2 Å². The summed E-state index contributed by atoms with van der Waals surface area (Å²) in [5.41, 5.74) is 0. The van der Waals surface area contributed by atoms with Gasteiger partial charge in [-0.1, -0.05) is 6.92 Å². The first-order valence-corrected chi connectivity index (χ1v) is 6.09. The van der Waals surface area contributed by atoms with Gasteiger partial charge in [0.1, 0.15) is 0 Å². The molecule has 6 heteroatoms. The zero-order chi connectivity index (χ0) is 13.7. The summed E-state index contributed by atoms with van der Waals surface area (Å²) in [5, 5.41) is 3.07. The van der Waals surface area contributed by atoms with Crippen molar-refractivity contribution < 1.29 is 19.1 Å². The van der Waals surface area contributed by atoms with Gasteiger partial charge in [0, 0.05) is 19.6 Å². The predicted octanol–water partition coefficient (Wildman–Crippen LogP) is -0.512. The van der Waals surface area contributed by atoms with Crippen molar-refractivity contribution in [2.45, 2.75) is 13.0 Å². The maximum absolute atomic E-state index is 12.2. The Morgan fingerprint density at radius 3 is 2.72 bits per heavy atom. The van der Waals surface area contributed by atoms with E-state index in [1.807, 2.05) is 7.05 Å². The smallest absolute Gasteiger partial charge is 0.310 e. The van der Waals surface area contributed by atoms with Crippen molar-refractivity contribution in [3.05, 3.63) is 0 Å². The number of nitrogens with zero attached hydrogens (tertiary/aromatic N) is 1. The number of carbonyl (C=O) groups excluding carboxylic acids is 2. The van der Waals surface area contributed by atoms with E-state index in [9.17, 15) is 9.59 Å². The number of amides is 1. The standard InChI is InChI=1S/C12H22N2O4/c1-8(12(16)17-4)5-14(3)11(15)9-6-18-7-10(9)13-2/h8-10,13H,5-7H2,1-4H3. The van der Waals surface area contributed by atoms with Gasteiger partial charge in [0.2, 0.25) is 5.91 Å². The molecule has 0 spiro atoms. The Labute approximate surface area is 108 Å². The summed E-state index contributed by atoms with van der Waals surface area (Å²) in [6.07, 6.45) is 0. The molecule has 1 aliphatic rings. The molecule has 1 heterocycles. The molecule has 104 valence electrons. The van der Waals surface area contributed by atoms with Gasteiger partial charge in [-0.2, -0.15) is 0 Å². The fourth-order valence-electron chi connectivity index (χ4n) is 2.14. The van der Waals surface area contributed by atoms with Crippen LogP contribution in [-0.2, 0) is 19.1 Å². The number of rotatable bonds is 5. The minimum atomic E-state index is -0.320. The van der Waals surface area contributed by atoms with E-state index in [1.165, 1.54) is 7.11 Å². The van der Waals surface area contributed by atoms with Crippen molar-refractivity contribution in [3.63, 3.8) is 0 Å². The summed E-state index contributed by atoms with van der Waals surface area (Å²) in [6, 6.07) is 0.0494. The number of likely N-dealkylation sites (N-methyl/N-ethyl adjacent to an activating group) is 1. The van der Waals surface area contributed by atoms with Gasteiger partial charge in [0.15, 0.2) is 0 Å². The predicted molar refractivity (Wildman–Crippen MR) is 66.0 cm³/mol. The maximum Gasteiger partial charge on any atom is 0.310 e. The number of carbonyl (C=O) groups is 2. The molecule has 0 aromatic rings. The third-order valence-corrected chi connectivity index (χ3v) is 3.30. The molecule has 0 radical (unpaired) electrons. The van der Waals surface area contributed by atoms with Crippen molar-refractivity contribution in [2.24, 2.45) is 11.8 Å².